The van der Waals surface area contributed by atoms with E-state index in [0.29, 0.717) is 16.7 Å². The Morgan fingerprint density at radius 2 is 2.12 bits per heavy atom. The number of thioether (sulfide) groups is 1. The molecule has 0 saturated carbocycles. The second kappa shape index (κ2) is 6.83. The molecule has 4 heterocycles. The first-order valence-electron chi connectivity index (χ1n) is 8.28. The van der Waals surface area contributed by atoms with Crippen molar-refractivity contribution >= 4 is 29.3 Å². The fourth-order valence-corrected chi connectivity index (χ4v) is 4.30. The van der Waals surface area contributed by atoms with Crippen molar-refractivity contribution in [3.05, 3.63) is 35.0 Å². The zero-order valence-electron chi connectivity index (χ0n) is 13.6. The summed E-state index contributed by atoms with van der Waals surface area (Å²) in [5.74, 6) is 1.83. The van der Waals surface area contributed by atoms with Crippen LogP contribution in [0, 0.1) is 0 Å². The number of anilines is 2. The van der Waals surface area contributed by atoms with Gasteiger partial charge in [0, 0.05) is 43.6 Å². The molecule has 25 heavy (non-hydrogen) atoms. The van der Waals surface area contributed by atoms with Crippen molar-refractivity contribution in [2.45, 2.75) is 30.5 Å². The van der Waals surface area contributed by atoms with E-state index >= 15 is 0 Å². The van der Waals surface area contributed by atoms with Crippen molar-refractivity contribution in [3.63, 3.8) is 0 Å². The first-order chi connectivity index (χ1) is 12.2. The van der Waals surface area contributed by atoms with Crippen molar-refractivity contribution in [1.29, 1.82) is 0 Å². The Morgan fingerprint density at radius 1 is 1.28 bits per heavy atom. The lowest BCUT2D eigenvalue weighted by molar-refractivity contribution is -0.116. The molecule has 1 saturated heterocycles. The predicted molar refractivity (Wildman–Crippen MR) is 95.0 cm³/mol. The summed E-state index contributed by atoms with van der Waals surface area (Å²) in [6.45, 7) is 1.97. The molecule has 130 valence electrons. The van der Waals surface area contributed by atoms with Crippen LogP contribution in [0.2, 0.25) is 0 Å². The van der Waals surface area contributed by atoms with E-state index in [4.69, 9.17) is 0 Å². The molecule has 1 amide bonds. The highest BCUT2D eigenvalue weighted by Crippen LogP contribution is 2.31. The van der Waals surface area contributed by atoms with E-state index in [9.17, 15) is 9.59 Å². The minimum absolute atomic E-state index is 0.119. The second-order valence-corrected chi connectivity index (χ2v) is 7.10. The third-order valence-electron chi connectivity index (χ3n) is 4.39. The van der Waals surface area contributed by atoms with Crippen molar-refractivity contribution < 1.29 is 4.79 Å². The molecule has 2 aliphatic heterocycles. The summed E-state index contributed by atoms with van der Waals surface area (Å²) in [6, 6.07) is 3.04. The maximum atomic E-state index is 12.4. The number of fused-ring (bicyclic) bond motifs is 1. The van der Waals surface area contributed by atoms with Crippen LogP contribution < -0.4 is 15.8 Å². The van der Waals surface area contributed by atoms with E-state index in [1.165, 1.54) is 30.4 Å². The highest BCUT2D eigenvalue weighted by molar-refractivity contribution is 7.99. The summed E-state index contributed by atoms with van der Waals surface area (Å²) in [7, 11) is 0. The SMILES string of the molecule is O=C(CC1CSc2nccc(=O)n21)Nc1cc(N2CCCC2)ncn1. The first-order valence-corrected chi connectivity index (χ1v) is 9.26. The molecule has 4 rings (SSSR count). The molecule has 2 aromatic rings. The summed E-state index contributed by atoms with van der Waals surface area (Å²) in [6.07, 6.45) is 5.51. The van der Waals surface area contributed by atoms with Gasteiger partial charge in [-0.25, -0.2) is 15.0 Å². The molecule has 1 atom stereocenters. The molecule has 0 bridgehead atoms. The molecule has 0 radical (unpaired) electrons. The van der Waals surface area contributed by atoms with Gasteiger partial charge in [0.25, 0.3) is 5.56 Å². The average Bonchev–Trinajstić information content (AvgIpc) is 3.26. The standard InChI is InChI=1S/C16H18N6O2S/c23-14(7-11-9-25-16-17-4-3-15(24)22(11)16)20-12-8-13(19-10-18-12)21-5-1-2-6-21/h3-4,8,10-11H,1-2,5-7,9H2,(H,18,19,20,23). The lowest BCUT2D eigenvalue weighted by Crippen LogP contribution is -2.27. The summed E-state index contributed by atoms with van der Waals surface area (Å²) >= 11 is 1.50. The Bertz CT molecular complexity index is 849. The van der Waals surface area contributed by atoms with Gasteiger partial charge >= 0.3 is 0 Å². The first kappa shape index (κ1) is 16.1. The molecule has 9 heteroatoms. The normalized spacial score (nSPS) is 19.0. The summed E-state index contributed by atoms with van der Waals surface area (Å²) in [5, 5.41) is 3.49. The maximum absolute atomic E-state index is 12.4. The number of hydrogen-bond acceptors (Lipinski definition) is 7. The molecule has 0 spiro atoms. The monoisotopic (exact) mass is 358 g/mol. The van der Waals surface area contributed by atoms with Crippen LogP contribution in [0.4, 0.5) is 11.6 Å². The second-order valence-electron chi connectivity index (χ2n) is 6.11. The van der Waals surface area contributed by atoms with E-state index in [1.807, 2.05) is 0 Å². The van der Waals surface area contributed by atoms with Gasteiger partial charge in [-0.15, -0.1) is 0 Å². The number of hydrogen-bond donors (Lipinski definition) is 1. The Hall–Kier alpha value is -2.42. The lowest BCUT2D eigenvalue weighted by Gasteiger charge is -2.17. The smallest absolute Gasteiger partial charge is 0.254 e. The fourth-order valence-electron chi connectivity index (χ4n) is 3.18. The molecule has 1 unspecified atom stereocenters. The van der Waals surface area contributed by atoms with Crippen LogP contribution in [0.3, 0.4) is 0 Å². The van der Waals surface area contributed by atoms with Gasteiger partial charge in [-0.1, -0.05) is 11.8 Å². The van der Waals surface area contributed by atoms with E-state index in [-0.39, 0.29) is 23.9 Å². The average molecular weight is 358 g/mol. The minimum atomic E-state index is -0.180. The van der Waals surface area contributed by atoms with Crippen LogP contribution >= 0.6 is 11.8 Å². The van der Waals surface area contributed by atoms with Crippen molar-refractivity contribution in [2.24, 2.45) is 0 Å². The zero-order valence-corrected chi connectivity index (χ0v) is 14.4. The highest BCUT2D eigenvalue weighted by Gasteiger charge is 2.27. The number of aromatic nitrogens is 4. The Kier molecular flexibility index (Phi) is 4.39. The summed E-state index contributed by atoms with van der Waals surface area (Å²) in [4.78, 5) is 39.2. The highest BCUT2D eigenvalue weighted by atomic mass is 32.2. The van der Waals surface area contributed by atoms with Crippen LogP contribution in [-0.4, -0.2) is 44.3 Å². The molecular formula is C16H18N6O2S. The Morgan fingerprint density at radius 3 is 2.96 bits per heavy atom. The number of nitrogens with zero attached hydrogens (tertiary/aromatic N) is 5. The number of carbonyl (C=O) groups is 1. The molecule has 8 nitrogen and oxygen atoms in total. The van der Waals surface area contributed by atoms with E-state index < -0.39 is 0 Å². The zero-order chi connectivity index (χ0) is 17.2. The van der Waals surface area contributed by atoms with Gasteiger partial charge in [-0.05, 0) is 12.8 Å². The van der Waals surface area contributed by atoms with Crippen molar-refractivity contribution in [1.82, 2.24) is 19.5 Å². The molecule has 2 aromatic heterocycles. The Labute approximate surface area is 148 Å². The number of amides is 1. The van der Waals surface area contributed by atoms with Gasteiger partial charge in [-0.3, -0.25) is 14.2 Å². The van der Waals surface area contributed by atoms with E-state index in [0.717, 1.165) is 31.7 Å². The van der Waals surface area contributed by atoms with Crippen molar-refractivity contribution in [3.8, 4) is 0 Å². The molecule has 2 aliphatic rings. The van der Waals surface area contributed by atoms with Gasteiger partial charge in [-0.2, -0.15) is 0 Å². The van der Waals surface area contributed by atoms with Crippen LogP contribution in [-0.2, 0) is 4.79 Å². The fraction of sp³-hybridized carbons (Fsp3) is 0.438. The molecular weight excluding hydrogens is 340 g/mol. The van der Waals surface area contributed by atoms with Gasteiger partial charge < -0.3 is 10.2 Å². The number of nitrogens with one attached hydrogen (secondary N) is 1. The third-order valence-corrected chi connectivity index (χ3v) is 5.50. The number of rotatable bonds is 4. The van der Waals surface area contributed by atoms with Gasteiger partial charge in [0.05, 0.1) is 6.04 Å². The van der Waals surface area contributed by atoms with Crippen LogP contribution in [0.25, 0.3) is 0 Å². The quantitative estimate of drug-likeness (QED) is 0.824. The molecule has 0 aromatic carbocycles. The largest absolute Gasteiger partial charge is 0.356 e. The van der Waals surface area contributed by atoms with Gasteiger partial charge in [0.15, 0.2) is 5.16 Å². The maximum Gasteiger partial charge on any atom is 0.254 e. The van der Waals surface area contributed by atoms with Gasteiger partial charge in [0.2, 0.25) is 5.91 Å². The topological polar surface area (TPSA) is 93.0 Å². The number of carbonyl (C=O) groups excluding carboxylic acids is 1. The van der Waals surface area contributed by atoms with Crippen LogP contribution in [0.1, 0.15) is 25.3 Å². The summed E-state index contributed by atoms with van der Waals surface area (Å²) in [5.41, 5.74) is -0.119. The molecule has 1 fully saturated rings. The van der Waals surface area contributed by atoms with Crippen molar-refractivity contribution in [2.75, 3.05) is 29.1 Å². The van der Waals surface area contributed by atoms with Gasteiger partial charge in [0.1, 0.15) is 18.0 Å². The van der Waals surface area contributed by atoms with Crippen LogP contribution in [0.15, 0.2) is 34.6 Å². The Balaban J connectivity index is 1.44. The summed E-state index contributed by atoms with van der Waals surface area (Å²) < 4.78 is 1.60. The predicted octanol–water partition coefficient (Wildman–Crippen LogP) is 1.31. The lowest BCUT2D eigenvalue weighted by atomic mass is 10.2. The third kappa shape index (κ3) is 3.37. The van der Waals surface area contributed by atoms with E-state index in [1.54, 1.807) is 10.6 Å². The molecule has 1 N–H and O–H groups in total. The minimum Gasteiger partial charge on any atom is -0.356 e. The molecule has 0 aliphatic carbocycles. The van der Waals surface area contributed by atoms with Crippen LogP contribution in [0.5, 0.6) is 0 Å². The van der Waals surface area contributed by atoms with E-state index in [2.05, 4.69) is 25.2 Å².